The lowest BCUT2D eigenvalue weighted by atomic mass is 10.1. The predicted octanol–water partition coefficient (Wildman–Crippen LogP) is 2.07. The number of carbonyl (C=O) groups is 2. The topological polar surface area (TPSA) is 92.4 Å². The average Bonchev–Trinajstić information content (AvgIpc) is 2.26. The Morgan fingerprint density at radius 2 is 2.17 bits per heavy atom. The molecule has 0 spiro atoms. The van der Waals surface area contributed by atoms with Gasteiger partial charge in [0.15, 0.2) is 0 Å². The molecule has 0 bridgehead atoms. The van der Waals surface area contributed by atoms with E-state index in [0.29, 0.717) is 12.1 Å². The van der Waals surface area contributed by atoms with E-state index in [1.54, 1.807) is 18.2 Å². The molecule has 0 aliphatic heterocycles. The molecule has 1 aromatic carbocycles. The van der Waals surface area contributed by atoms with Crippen molar-refractivity contribution in [2.24, 2.45) is 11.7 Å². The van der Waals surface area contributed by atoms with Gasteiger partial charge in [0.2, 0.25) is 5.91 Å². The number of halogens is 1. The minimum atomic E-state index is -0.813. The van der Waals surface area contributed by atoms with Crippen molar-refractivity contribution in [3.05, 3.63) is 28.2 Å². The highest BCUT2D eigenvalue weighted by molar-refractivity contribution is 9.10. The van der Waals surface area contributed by atoms with Crippen LogP contribution in [0.4, 0.5) is 5.69 Å². The summed E-state index contributed by atoms with van der Waals surface area (Å²) in [5.74, 6) is -1.28. The molecule has 0 aromatic heterocycles. The fraction of sp³-hybridized carbons (Fsp3) is 0.333. The minimum Gasteiger partial charge on any atom is -0.481 e. The van der Waals surface area contributed by atoms with Gasteiger partial charge in [-0.2, -0.15) is 0 Å². The van der Waals surface area contributed by atoms with Gasteiger partial charge >= 0.3 is 5.97 Å². The molecule has 0 aliphatic rings. The number of primary amides is 1. The van der Waals surface area contributed by atoms with Crippen LogP contribution in [0.3, 0.4) is 0 Å². The third-order valence-corrected chi connectivity index (χ3v) is 3.07. The van der Waals surface area contributed by atoms with Crippen LogP contribution >= 0.6 is 15.9 Å². The average molecular weight is 315 g/mol. The van der Waals surface area contributed by atoms with E-state index in [9.17, 15) is 9.59 Å². The van der Waals surface area contributed by atoms with Gasteiger partial charge in [-0.15, -0.1) is 0 Å². The molecule has 18 heavy (non-hydrogen) atoms. The summed E-state index contributed by atoms with van der Waals surface area (Å²) in [6.45, 7) is 2.40. The molecule has 0 aliphatic carbocycles. The van der Waals surface area contributed by atoms with Crippen LogP contribution in [0.5, 0.6) is 0 Å². The van der Waals surface area contributed by atoms with Crippen molar-refractivity contribution < 1.29 is 14.7 Å². The number of carboxylic acids is 1. The zero-order valence-corrected chi connectivity index (χ0v) is 11.5. The maximum Gasteiger partial charge on any atom is 0.303 e. The second kappa shape index (κ2) is 6.39. The number of nitrogens with one attached hydrogen (secondary N) is 1. The molecule has 1 rings (SSSR count). The van der Waals surface area contributed by atoms with E-state index >= 15 is 0 Å². The number of rotatable bonds is 6. The normalized spacial score (nSPS) is 11.9. The van der Waals surface area contributed by atoms with Crippen molar-refractivity contribution in [2.75, 3.05) is 11.9 Å². The molecular formula is C12H15BrN2O3. The number of carbonyl (C=O) groups excluding carboxylic acids is 1. The Balaban J connectivity index is 2.63. The van der Waals surface area contributed by atoms with Crippen molar-refractivity contribution in [3.63, 3.8) is 0 Å². The Hall–Kier alpha value is -1.56. The predicted molar refractivity (Wildman–Crippen MR) is 72.6 cm³/mol. The van der Waals surface area contributed by atoms with Crippen molar-refractivity contribution in [2.45, 2.75) is 13.3 Å². The fourth-order valence-electron chi connectivity index (χ4n) is 1.47. The highest BCUT2D eigenvalue weighted by atomic mass is 79.9. The summed E-state index contributed by atoms with van der Waals surface area (Å²) in [5, 5.41) is 11.8. The fourth-order valence-corrected chi connectivity index (χ4v) is 1.99. The number of anilines is 1. The van der Waals surface area contributed by atoms with E-state index in [1.807, 2.05) is 6.92 Å². The number of benzene rings is 1. The highest BCUT2D eigenvalue weighted by Gasteiger charge is 2.09. The van der Waals surface area contributed by atoms with Gasteiger partial charge in [0.1, 0.15) is 0 Å². The molecule has 5 nitrogen and oxygen atoms in total. The number of hydrogen-bond donors (Lipinski definition) is 3. The van der Waals surface area contributed by atoms with Crippen LogP contribution in [0.1, 0.15) is 23.7 Å². The lowest BCUT2D eigenvalue weighted by molar-refractivity contribution is -0.137. The molecular weight excluding hydrogens is 300 g/mol. The molecule has 0 saturated carbocycles. The molecule has 0 fully saturated rings. The SMILES string of the molecule is CC(CNc1ccc(C(N)=O)cc1Br)CC(=O)O. The second-order valence-corrected chi connectivity index (χ2v) is 5.00. The van der Waals surface area contributed by atoms with Gasteiger partial charge < -0.3 is 16.2 Å². The molecule has 6 heteroatoms. The van der Waals surface area contributed by atoms with Gasteiger partial charge in [-0.3, -0.25) is 9.59 Å². The first kappa shape index (κ1) is 14.5. The minimum absolute atomic E-state index is 0.0187. The first-order chi connectivity index (χ1) is 8.40. The van der Waals surface area contributed by atoms with E-state index in [2.05, 4.69) is 21.2 Å². The summed E-state index contributed by atoms with van der Waals surface area (Å²) in [6, 6.07) is 4.99. The maximum atomic E-state index is 11.0. The van der Waals surface area contributed by atoms with Crippen LogP contribution in [0, 0.1) is 5.92 Å². The third-order valence-electron chi connectivity index (χ3n) is 2.42. The van der Waals surface area contributed by atoms with Crippen LogP contribution in [0.15, 0.2) is 22.7 Å². The molecule has 0 radical (unpaired) electrons. The zero-order chi connectivity index (χ0) is 13.7. The first-order valence-corrected chi connectivity index (χ1v) is 6.24. The molecule has 1 atom stereocenters. The van der Waals surface area contributed by atoms with Gasteiger partial charge in [-0.1, -0.05) is 6.92 Å². The van der Waals surface area contributed by atoms with E-state index in [1.165, 1.54) is 0 Å². The monoisotopic (exact) mass is 314 g/mol. The summed E-state index contributed by atoms with van der Waals surface area (Å²) in [4.78, 5) is 21.5. The van der Waals surface area contributed by atoms with Gasteiger partial charge in [0.25, 0.3) is 0 Å². The van der Waals surface area contributed by atoms with Crippen molar-refractivity contribution in [1.82, 2.24) is 0 Å². The van der Waals surface area contributed by atoms with Gasteiger partial charge in [0, 0.05) is 28.7 Å². The summed E-state index contributed by atoms with van der Waals surface area (Å²) in [5.41, 5.74) is 6.39. The highest BCUT2D eigenvalue weighted by Crippen LogP contribution is 2.24. The van der Waals surface area contributed by atoms with Crippen molar-refractivity contribution in [3.8, 4) is 0 Å². The van der Waals surface area contributed by atoms with Crippen LogP contribution < -0.4 is 11.1 Å². The van der Waals surface area contributed by atoms with Gasteiger partial charge in [-0.05, 0) is 40.0 Å². The summed E-state index contributed by atoms with van der Waals surface area (Å²) in [7, 11) is 0. The summed E-state index contributed by atoms with van der Waals surface area (Å²) >= 11 is 3.33. The second-order valence-electron chi connectivity index (χ2n) is 4.14. The molecule has 0 heterocycles. The molecule has 1 amide bonds. The Labute approximate surface area is 113 Å². The number of aliphatic carboxylic acids is 1. The van der Waals surface area contributed by atoms with Crippen molar-refractivity contribution in [1.29, 1.82) is 0 Å². The Bertz CT molecular complexity index is 463. The zero-order valence-electron chi connectivity index (χ0n) is 9.94. The van der Waals surface area contributed by atoms with Crippen molar-refractivity contribution >= 4 is 33.5 Å². The quantitative estimate of drug-likeness (QED) is 0.749. The maximum absolute atomic E-state index is 11.0. The number of amides is 1. The largest absolute Gasteiger partial charge is 0.481 e. The van der Waals surface area contributed by atoms with E-state index < -0.39 is 11.9 Å². The smallest absolute Gasteiger partial charge is 0.303 e. The van der Waals surface area contributed by atoms with Crippen LogP contribution in [-0.4, -0.2) is 23.5 Å². The Kier molecular flexibility index (Phi) is 5.15. The summed E-state index contributed by atoms with van der Waals surface area (Å²) in [6.07, 6.45) is 0.115. The van der Waals surface area contributed by atoms with E-state index in [4.69, 9.17) is 10.8 Å². The lowest BCUT2D eigenvalue weighted by Gasteiger charge is -2.13. The Morgan fingerprint density at radius 3 is 2.67 bits per heavy atom. The van der Waals surface area contributed by atoms with Crippen LogP contribution in [-0.2, 0) is 4.79 Å². The molecule has 1 unspecified atom stereocenters. The van der Waals surface area contributed by atoms with E-state index in [0.717, 1.165) is 10.2 Å². The molecule has 98 valence electrons. The number of hydrogen-bond acceptors (Lipinski definition) is 3. The number of carboxylic acid groups (broad SMARTS) is 1. The van der Waals surface area contributed by atoms with Gasteiger partial charge in [-0.25, -0.2) is 0 Å². The van der Waals surface area contributed by atoms with E-state index in [-0.39, 0.29) is 12.3 Å². The third kappa shape index (κ3) is 4.37. The lowest BCUT2D eigenvalue weighted by Crippen LogP contribution is -2.15. The first-order valence-electron chi connectivity index (χ1n) is 5.45. The molecule has 4 N–H and O–H groups in total. The summed E-state index contributed by atoms with van der Waals surface area (Å²) < 4.78 is 0.723. The van der Waals surface area contributed by atoms with Crippen LogP contribution in [0.25, 0.3) is 0 Å². The van der Waals surface area contributed by atoms with Gasteiger partial charge in [0.05, 0.1) is 0 Å². The Morgan fingerprint density at radius 1 is 1.50 bits per heavy atom. The molecule has 0 saturated heterocycles. The molecule has 1 aromatic rings. The number of nitrogens with two attached hydrogens (primary N) is 1. The van der Waals surface area contributed by atoms with Crippen LogP contribution in [0.2, 0.25) is 0 Å². The standard InChI is InChI=1S/C12H15BrN2O3/c1-7(4-11(16)17)6-15-10-3-2-8(12(14)18)5-9(10)13/h2-3,5,7,15H,4,6H2,1H3,(H2,14,18)(H,16,17).